The van der Waals surface area contributed by atoms with Crippen molar-refractivity contribution in [1.29, 1.82) is 0 Å². The summed E-state index contributed by atoms with van der Waals surface area (Å²) in [4.78, 5) is 10.3. The molecule has 0 bridgehead atoms. The molecule has 1 atom stereocenters. The van der Waals surface area contributed by atoms with Crippen LogP contribution in [-0.4, -0.2) is 22.9 Å². The standard InChI is InChI=1S/C11H13ClN2O4/c12-7-5-8(9(14(16)17)6-10(7)15)13-11-3-1-2-4-18-11/h5-6,11,13,15H,1-4H2. The highest BCUT2D eigenvalue weighted by Crippen LogP contribution is 2.35. The molecule has 98 valence electrons. The van der Waals surface area contributed by atoms with Gasteiger partial charge in [-0.15, -0.1) is 0 Å². The molecule has 0 aliphatic carbocycles. The minimum Gasteiger partial charge on any atom is -0.506 e. The number of hydrogen-bond donors (Lipinski definition) is 2. The fourth-order valence-corrected chi connectivity index (χ4v) is 2.01. The van der Waals surface area contributed by atoms with Crippen molar-refractivity contribution in [2.24, 2.45) is 0 Å². The van der Waals surface area contributed by atoms with E-state index in [0.29, 0.717) is 6.61 Å². The maximum Gasteiger partial charge on any atom is 0.296 e. The third kappa shape index (κ3) is 2.83. The molecule has 0 radical (unpaired) electrons. The van der Waals surface area contributed by atoms with E-state index in [0.717, 1.165) is 25.3 Å². The van der Waals surface area contributed by atoms with Crippen LogP contribution >= 0.6 is 11.6 Å². The average molecular weight is 273 g/mol. The third-order valence-electron chi connectivity index (χ3n) is 2.76. The zero-order valence-corrected chi connectivity index (χ0v) is 10.3. The summed E-state index contributed by atoms with van der Waals surface area (Å²) < 4.78 is 5.45. The Balaban J connectivity index is 2.24. The number of halogens is 1. The number of nitro groups is 1. The zero-order valence-electron chi connectivity index (χ0n) is 9.56. The highest BCUT2D eigenvalue weighted by molar-refractivity contribution is 6.32. The monoisotopic (exact) mass is 272 g/mol. The van der Waals surface area contributed by atoms with Crippen LogP contribution in [0.3, 0.4) is 0 Å². The van der Waals surface area contributed by atoms with Crippen LogP contribution in [0.25, 0.3) is 0 Å². The van der Waals surface area contributed by atoms with Gasteiger partial charge in [-0.2, -0.15) is 0 Å². The van der Waals surface area contributed by atoms with Crippen molar-refractivity contribution >= 4 is 23.0 Å². The van der Waals surface area contributed by atoms with E-state index in [1.807, 2.05) is 0 Å². The summed E-state index contributed by atoms with van der Waals surface area (Å²) in [5.41, 5.74) is 0.0424. The second-order valence-electron chi connectivity index (χ2n) is 4.08. The molecule has 0 aromatic heterocycles. The lowest BCUT2D eigenvalue weighted by Gasteiger charge is -2.24. The first kappa shape index (κ1) is 12.9. The number of anilines is 1. The first-order chi connectivity index (χ1) is 8.58. The van der Waals surface area contributed by atoms with Crippen LogP contribution in [0.5, 0.6) is 5.75 Å². The highest BCUT2D eigenvalue weighted by atomic mass is 35.5. The molecule has 1 saturated heterocycles. The number of nitrogens with zero attached hydrogens (tertiary/aromatic N) is 1. The number of nitro benzene ring substituents is 1. The average Bonchev–Trinajstić information content (AvgIpc) is 2.34. The Morgan fingerprint density at radius 2 is 2.28 bits per heavy atom. The molecular weight excluding hydrogens is 260 g/mol. The van der Waals surface area contributed by atoms with Gasteiger partial charge in [0.05, 0.1) is 16.0 Å². The molecule has 0 amide bonds. The first-order valence-electron chi connectivity index (χ1n) is 5.63. The second kappa shape index (κ2) is 5.41. The van der Waals surface area contributed by atoms with Crippen molar-refractivity contribution in [3.63, 3.8) is 0 Å². The third-order valence-corrected chi connectivity index (χ3v) is 3.06. The summed E-state index contributed by atoms with van der Waals surface area (Å²) in [7, 11) is 0. The Kier molecular flexibility index (Phi) is 3.88. The van der Waals surface area contributed by atoms with Gasteiger partial charge in [-0.3, -0.25) is 10.1 Å². The summed E-state index contributed by atoms with van der Waals surface area (Å²) >= 11 is 5.75. The van der Waals surface area contributed by atoms with E-state index < -0.39 is 4.92 Å². The molecule has 0 saturated carbocycles. The molecule has 1 aliphatic rings. The fourth-order valence-electron chi connectivity index (χ4n) is 1.85. The Morgan fingerprint density at radius 1 is 1.50 bits per heavy atom. The van der Waals surface area contributed by atoms with Gasteiger partial charge < -0.3 is 15.2 Å². The molecule has 1 fully saturated rings. The molecule has 1 aromatic rings. The minimum atomic E-state index is -0.568. The molecule has 2 rings (SSSR count). The normalized spacial score (nSPS) is 19.5. The lowest BCUT2D eigenvalue weighted by molar-refractivity contribution is -0.384. The van der Waals surface area contributed by atoms with Gasteiger partial charge in [0.15, 0.2) is 0 Å². The van der Waals surface area contributed by atoms with Gasteiger partial charge in [0.1, 0.15) is 17.7 Å². The quantitative estimate of drug-likeness (QED) is 0.502. The summed E-state index contributed by atoms with van der Waals surface area (Å²) in [5.74, 6) is -0.307. The van der Waals surface area contributed by atoms with Crippen molar-refractivity contribution in [3.8, 4) is 5.75 Å². The molecule has 1 heterocycles. The van der Waals surface area contributed by atoms with Gasteiger partial charge in [-0.1, -0.05) is 11.6 Å². The topological polar surface area (TPSA) is 84.6 Å². The molecule has 2 N–H and O–H groups in total. The number of aromatic hydroxyl groups is 1. The largest absolute Gasteiger partial charge is 0.506 e. The molecule has 0 spiro atoms. The molecular formula is C11H13ClN2O4. The van der Waals surface area contributed by atoms with Crippen LogP contribution in [0.15, 0.2) is 12.1 Å². The molecule has 1 unspecified atom stereocenters. The van der Waals surface area contributed by atoms with E-state index in [2.05, 4.69) is 5.32 Å². The second-order valence-corrected chi connectivity index (χ2v) is 4.48. The van der Waals surface area contributed by atoms with Crippen molar-refractivity contribution in [1.82, 2.24) is 0 Å². The Labute approximate surface area is 109 Å². The van der Waals surface area contributed by atoms with E-state index >= 15 is 0 Å². The molecule has 1 aliphatic heterocycles. The van der Waals surface area contributed by atoms with Gasteiger partial charge in [-0.25, -0.2) is 0 Å². The summed E-state index contributed by atoms with van der Waals surface area (Å²) in [6.45, 7) is 0.636. The fraction of sp³-hybridized carbons (Fsp3) is 0.455. The number of ether oxygens (including phenoxy) is 1. The van der Waals surface area contributed by atoms with Crippen LogP contribution < -0.4 is 5.32 Å². The summed E-state index contributed by atoms with van der Waals surface area (Å²) in [5, 5.41) is 23.3. The molecule has 7 heteroatoms. The first-order valence-corrected chi connectivity index (χ1v) is 6.01. The Bertz CT molecular complexity index is 461. The SMILES string of the molecule is O=[N+]([O-])c1cc(O)c(Cl)cc1NC1CCCCO1. The highest BCUT2D eigenvalue weighted by Gasteiger charge is 2.21. The maximum absolute atomic E-state index is 10.9. The van der Waals surface area contributed by atoms with Gasteiger partial charge in [0.25, 0.3) is 5.69 Å². The smallest absolute Gasteiger partial charge is 0.296 e. The summed E-state index contributed by atoms with van der Waals surface area (Å²) in [6.07, 6.45) is 2.54. The number of nitrogens with one attached hydrogen (secondary N) is 1. The van der Waals surface area contributed by atoms with Crippen molar-refractivity contribution < 1.29 is 14.8 Å². The van der Waals surface area contributed by atoms with E-state index in [1.54, 1.807) is 0 Å². The zero-order chi connectivity index (χ0) is 13.1. The number of phenols is 1. The van der Waals surface area contributed by atoms with Crippen molar-refractivity contribution in [2.45, 2.75) is 25.5 Å². The van der Waals surface area contributed by atoms with Crippen LogP contribution in [0.2, 0.25) is 5.02 Å². The van der Waals surface area contributed by atoms with E-state index in [4.69, 9.17) is 16.3 Å². The minimum absolute atomic E-state index is 0.0684. The Hall–Kier alpha value is -1.53. The molecule has 1 aromatic carbocycles. The lowest BCUT2D eigenvalue weighted by atomic mass is 10.1. The Morgan fingerprint density at radius 3 is 2.89 bits per heavy atom. The molecule has 18 heavy (non-hydrogen) atoms. The van der Waals surface area contributed by atoms with Crippen LogP contribution in [0, 0.1) is 10.1 Å². The summed E-state index contributed by atoms with van der Waals surface area (Å²) in [6, 6.07) is 2.38. The molecule has 6 nitrogen and oxygen atoms in total. The van der Waals surface area contributed by atoms with Crippen LogP contribution in [-0.2, 0) is 4.74 Å². The number of phenolic OH excluding ortho intramolecular Hbond substituents is 1. The van der Waals surface area contributed by atoms with E-state index in [9.17, 15) is 15.2 Å². The van der Waals surface area contributed by atoms with Crippen LogP contribution in [0.1, 0.15) is 19.3 Å². The van der Waals surface area contributed by atoms with E-state index in [-0.39, 0.29) is 28.4 Å². The van der Waals surface area contributed by atoms with E-state index in [1.165, 1.54) is 6.07 Å². The lowest BCUT2D eigenvalue weighted by Crippen LogP contribution is -2.27. The van der Waals surface area contributed by atoms with Gasteiger partial charge in [-0.05, 0) is 25.3 Å². The van der Waals surface area contributed by atoms with Crippen molar-refractivity contribution in [2.75, 3.05) is 11.9 Å². The number of benzene rings is 1. The maximum atomic E-state index is 10.9. The van der Waals surface area contributed by atoms with Gasteiger partial charge in [0.2, 0.25) is 0 Å². The number of hydrogen-bond acceptors (Lipinski definition) is 5. The van der Waals surface area contributed by atoms with Crippen molar-refractivity contribution in [3.05, 3.63) is 27.3 Å². The predicted molar refractivity (Wildman–Crippen MR) is 67.0 cm³/mol. The van der Waals surface area contributed by atoms with Crippen LogP contribution in [0.4, 0.5) is 11.4 Å². The van der Waals surface area contributed by atoms with Gasteiger partial charge >= 0.3 is 0 Å². The van der Waals surface area contributed by atoms with Gasteiger partial charge in [0, 0.05) is 6.61 Å². The predicted octanol–water partition coefficient (Wildman–Crippen LogP) is 2.89. The number of rotatable bonds is 3.